The van der Waals surface area contributed by atoms with Gasteiger partial charge in [-0.2, -0.15) is 0 Å². The molecular weight excluding hydrogens is 498 g/mol. The van der Waals surface area contributed by atoms with E-state index in [2.05, 4.69) is 13.8 Å². The van der Waals surface area contributed by atoms with E-state index in [4.69, 9.17) is 21.7 Å². The third kappa shape index (κ3) is 26.5. The van der Waals surface area contributed by atoms with Gasteiger partial charge in [-0.05, 0) is 25.1 Å². The van der Waals surface area contributed by atoms with Crippen LogP contribution in [0, 0.1) is 0 Å². The van der Waals surface area contributed by atoms with Crippen molar-refractivity contribution in [2.24, 2.45) is 0 Å². The zero-order valence-electron chi connectivity index (χ0n) is 22.6. The first-order valence-electron chi connectivity index (χ1n) is 14.1. The Morgan fingerprint density at radius 2 is 0.941 bits per heavy atom. The first-order chi connectivity index (χ1) is 16.1. The molecular formula is C28H54O4SZn. The molecule has 0 aliphatic carbocycles. The van der Waals surface area contributed by atoms with Crippen molar-refractivity contribution < 1.29 is 38.9 Å². The Morgan fingerprint density at radius 1 is 0.618 bits per heavy atom. The first kappa shape index (κ1) is 36.1. The van der Waals surface area contributed by atoms with Crippen molar-refractivity contribution >= 4 is 23.2 Å². The van der Waals surface area contributed by atoms with Gasteiger partial charge in [-0.3, -0.25) is 0 Å². The molecule has 0 saturated heterocycles. The molecule has 0 aliphatic heterocycles. The van der Waals surface area contributed by atoms with Gasteiger partial charge in [0.25, 0.3) is 0 Å². The van der Waals surface area contributed by atoms with Crippen molar-refractivity contribution in [1.29, 1.82) is 0 Å². The number of ether oxygens (including phenoxy) is 2. The smallest absolute Gasteiger partial charge is 0.335 e. The fraction of sp³-hybridized carbons (Fsp3) is 0.929. The summed E-state index contributed by atoms with van der Waals surface area (Å²) in [5, 5.41) is 10.3. The van der Waals surface area contributed by atoms with E-state index in [0.717, 1.165) is 25.7 Å². The van der Waals surface area contributed by atoms with Crippen LogP contribution in [0.2, 0.25) is 0 Å². The van der Waals surface area contributed by atoms with Gasteiger partial charge in [0, 0.05) is 19.5 Å². The summed E-state index contributed by atoms with van der Waals surface area (Å²) < 4.78 is 10.7. The Balaban J connectivity index is 0. The predicted molar refractivity (Wildman–Crippen MR) is 144 cm³/mol. The van der Waals surface area contributed by atoms with Gasteiger partial charge in [0.2, 0.25) is 0 Å². The van der Waals surface area contributed by atoms with E-state index in [0.29, 0.717) is 18.3 Å². The number of carbonyl (C=O) groups excluding carboxylic acids is 1. The topological polar surface area (TPSA) is 55.8 Å². The summed E-state index contributed by atoms with van der Waals surface area (Å²) in [6, 6.07) is 0. The number of carbonyl (C=O) groups is 1. The number of esters is 1. The maximum Gasteiger partial charge on any atom is 0.335 e. The van der Waals surface area contributed by atoms with Crippen LogP contribution in [0.4, 0.5) is 0 Å². The van der Waals surface area contributed by atoms with Gasteiger partial charge < -0.3 is 14.6 Å². The van der Waals surface area contributed by atoms with Gasteiger partial charge in [-0.1, -0.05) is 129 Å². The maximum atomic E-state index is 11.9. The van der Waals surface area contributed by atoms with Gasteiger partial charge in [-0.15, -0.1) is 0 Å². The second-order valence-corrected chi connectivity index (χ2v) is 9.93. The summed E-state index contributed by atoms with van der Waals surface area (Å²) in [6.07, 6.45) is 23.9. The average molecular weight is 552 g/mol. The summed E-state index contributed by atoms with van der Waals surface area (Å²) in [5.74, 6) is -0.587. The normalized spacial score (nSPS) is 11.6. The number of rotatable bonds is 25. The molecule has 0 aliphatic rings. The Bertz CT molecular complexity index is 448. The first-order valence-corrected chi connectivity index (χ1v) is 14.5. The summed E-state index contributed by atoms with van der Waals surface area (Å²) in [6.45, 7) is 5.43. The van der Waals surface area contributed by atoms with Gasteiger partial charge in [0.05, 0.1) is 19.6 Å². The van der Waals surface area contributed by atoms with Crippen molar-refractivity contribution in [3.8, 4) is 0 Å². The van der Waals surface area contributed by atoms with Crippen LogP contribution in [0.5, 0.6) is 0 Å². The number of thiocarbonyl (C=S) groups is 1. The molecule has 1 N–H and O–H groups in total. The maximum absolute atomic E-state index is 11.9. The molecule has 0 aromatic carbocycles. The zero-order chi connectivity index (χ0) is 24.4. The van der Waals surface area contributed by atoms with E-state index in [9.17, 15) is 9.90 Å². The SMILES string of the molecule is CCCCCCCCCCCCOC(=O)C(O)CC(=S)OCCCCCCCCCCCC.[Zn]. The molecule has 1 atom stereocenters. The van der Waals surface area contributed by atoms with Crippen LogP contribution >= 0.6 is 12.2 Å². The van der Waals surface area contributed by atoms with Gasteiger partial charge in [0.15, 0.2) is 11.2 Å². The summed E-state index contributed by atoms with van der Waals surface area (Å²) in [5.41, 5.74) is 0. The van der Waals surface area contributed by atoms with Crippen molar-refractivity contribution in [3.05, 3.63) is 0 Å². The summed E-state index contributed by atoms with van der Waals surface area (Å²) >= 11 is 5.16. The molecule has 4 nitrogen and oxygen atoms in total. The average Bonchev–Trinajstić information content (AvgIpc) is 2.80. The zero-order valence-corrected chi connectivity index (χ0v) is 26.4. The summed E-state index contributed by atoms with van der Waals surface area (Å²) in [7, 11) is 0. The van der Waals surface area contributed by atoms with Crippen LogP contribution in [0.25, 0.3) is 0 Å². The molecule has 0 fully saturated rings. The van der Waals surface area contributed by atoms with Crippen LogP contribution in [0.3, 0.4) is 0 Å². The molecule has 6 heteroatoms. The third-order valence-electron chi connectivity index (χ3n) is 6.14. The quantitative estimate of drug-likeness (QED) is 0.0533. The fourth-order valence-electron chi connectivity index (χ4n) is 3.93. The van der Waals surface area contributed by atoms with Crippen LogP contribution in [-0.2, 0) is 33.7 Å². The van der Waals surface area contributed by atoms with Gasteiger partial charge in [0.1, 0.15) is 0 Å². The van der Waals surface area contributed by atoms with Gasteiger partial charge >= 0.3 is 5.97 Å². The van der Waals surface area contributed by atoms with Crippen molar-refractivity contribution in [3.63, 3.8) is 0 Å². The summed E-state index contributed by atoms with van der Waals surface area (Å²) in [4.78, 5) is 11.9. The number of aliphatic hydroxyl groups excluding tert-OH is 1. The van der Waals surface area contributed by atoms with E-state index in [1.807, 2.05) is 0 Å². The van der Waals surface area contributed by atoms with Crippen LogP contribution in [-0.4, -0.2) is 35.4 Å². The largest absolute Gasteiger partial charge is 0.487 e. The third-order valence-corrected chi connectivity index (χ3v) is 6.42. The van der Waals surface area contributed by atoms with E-state index in [1.54, 1.807) is 0 Å². The molecule has 0 aromatic heterocycles. The second kappa shape index (κ2) is 29.2. The minimum atomic E-state index is -1.21. The van der Waals surface area contributed by atoms with Crippen LogP contribution in [0.15, 0.2) is 0 Å². The van der Waals surface area contributed by atoms with E-state index in [-0.39, 0.29) is 25.9 Å². The number of hydrogen-bond donors (Lipinski definition) is 1. The molecule has 0 radical (unpaired) electrons. The Labute approximate surface area is 229 Å². The predicted octanol–water partition coefficient (Wildman–Crippen LogP) is 8.46. The number of hydrogen-bond acceptors (Lipinski definition) is 5. The van der Waals surface area contributed by atoms with Gasteiger partial charge in [-0.25, -0.2) is 4.79 Å². The fourth-order valence-corrected chi connectivity index (χ4v) is 4.18. The minimum Gasteiger partial charge on any atom is -0.487 e. The van der Waals surface area contributed by atoms with Crippen LogP contribution in [0.1, 0.15) is 149 Å². The van der Waals surface area contributed by atoms with Crippen molar-refractivity contribution in [1.82, 2.24) is 0 Å². The second-order valence-electron chi connectivity index (χ2n) is 9.47. The molecule has 198 valence electrons. The number of aliphatic hydroxyl groups is 1. The number of unbranched alkanes of at least 4 members (excludes halogenated alkanes) is 18. The monoisotopic (exact) mass is 550 g/mol. The Morgan fingerprint density at radius 3 is 1.32 bits per heavy atom. The van der Waals surface area contributed by atoms with Crippen LogP contribution < -0.4 is 0 Å². The molecule has 0 heterocycles. The van der Waals surface area contributed by atoms with Crippen molar-refractivity contribution in [2.45, 2.75) is 155 Å². The Hall–Kier alpha value is -0.0566. The van der Waals surface area contributed by atoms with E-state index < -0.39 is 12.1 Å². The molecule has 0 rings (SSSR count). The molecule has 34 heavy (non-hydrogen) atoms. The molecule has 1 unspecified atom stereocenters. The molecule has 0 aromatic rings. The Kier molecular flexibility index (Phi) is 31.0. The molecule has 0 amide bonds. The van der Waals surface area contributed by atoms with E-state index >= 15 is 0 Å². The molecule has 0 saturated carbocycles. The molecule has 0 bridgehead atoms. The molecule has 0 spiro atoms. The van der Waals surface area contributed by atoms with Crippen molar-refractivity contribution in [2.75, 3.05) is 13.2 Å². The van der Waals surface area contributed by atoms with E-state index in [1.165, 1.54) is 103 Å². The standard InChI is InChI=1S/C28H54O4S.Zn/c1-3-5-7-9-11-13-15-17-19-21-23-31-27(33)25-26(29)28(30)32-24-22-20-18-16-14-12-10-8-6-4-2;/h26,29H,3-25H2,1-2H3;. The minimum absolute atomic E-state index is 0.